The van der Waals surface area contributed by atoms with Crippen molar-refractivity contribution in [3.63, 3.8) is 0 Å². The SMILES string of the molecule is CCNC(=NCc1cccs1)NCCOCC(F)(F)F.I. The Morgan fingerprint density at radius 3 is 2.71 bits per heavy atom. The molecular formula is C12H19F3IN3OS. The number of hydrogen-bond donors (Lipinski definition) is 2. The third-order valence-electron chi connectivity index (χ3n) is 2.12. The van der Waals surface area contributed by atoms with Crippen molar-refractivity contribution in [2.45, 2.75) is 19.6 Å². The first kappa shape index (κ1) is 20.5. The summed E-state index contributed by atoms with van der Waals surface area (Å²) >= 11 is 1.61. The fourth-order valence-electron chi connectivity index (χ4n) is 1.33. The highest BCUT2D eigenvalue weighted by Crippen LogP contribution is 2.14. The summed E-state index contributed by atoms with van der Waals surface area (Å²) in [5, 5.41) is 7.91. The summed E-state index contributed by atoms with van der Waals surface area (Å²) in [5.41, 5.74) is 0. The minimum absolute atomic E-state index is 0. The molecule has 0 saturated heterocycles. The van der Waals surface area contributed by atoms with E-state index in [9.17, 15) is 13.2 Å². The van der Waals surface area contributed by atoms with E-state index in [4.69, 9.17) is 0 Å². The Kier molecular flexibility index (Phi) is 10.8. The van der Waals surface area contributed by atoms with E-state index in [-0.39, 0.29) is 37.1 Å². The van der Waals surface area contributed by atoms with Crippen LogP contribution in [0.15, 0.2) is 22.5 Å². The molecule has 0 saturated carbocycles. The monoisotopic (exact) mass is 437 g/mol. The van der Waals surface area contributed by atoms with Gasteiger partial charge in [-0.3, -0.25) is 0 Å². The number of guanidine groups is 1. The maximum Gasteiger partial charge on any atom is 0.411 e. The van der Waals surface area contributed by atoms with Crippen LogP contribution in [0.25, 0.3) is 0 Å². The first-order chi connectivity index (χ1) is 9.51. The third kappa shape index (κ3) is 10.8. The Bertz CT molecular complexity index is 399. The topological polar surface area (TPSA) is 45.7 Å². The summed E-state index contributed by atoms with van der Waals surface area (Å²) in [6, 6.07) is 3.92. The summed E-state index contributed by atoms with van der Waals surface area (Å²) < 4.78 is 40.1. The van der Waals surface area contributed by atoms with E-state index in [0.717, 1.165) is 4.88 Å². The molecule has 0 amide bonds. The Balaban J connectivity index is 0.00000400. The van der Waals surface area contributed by atoms with Gasteiger partial charge < -0.3 is 15.4 Å². The predicted molar refractivity (Wildman–Crippen MR) is 89.4 cm³/mol. The number of nitrogens with one attached hydrogen (secondary N) is 2. The smallest absolute Gasteiger partial charge is 0.370 e. The van der Waals surface area contributed by atoms with Gasteiger partial charge in [-0.15, -0.1) is 35.3 Å². The van der Waals surface area contributed by atoms with Crippen molar-refractivity contribution in [2.24, 2.45) is 4.99 Å². The van der Waals surface area contributed by atoms with E-state index in [1.54, 1.807) is 11.3 Å². The second-order valence-corrected chi connectivity index (χ2v) is 4.90. The van der Waals surface area contributed by atoms with Crippen molar-refractivity contribution in [1.82, 2.24) is 10.6 Å². The molecule has 1 rings (SSSR count). The van der Waals surface area contributed by atoms with Crippen LogP contribution in [-0.4, -0.2) is 38.4 Å². The molecule has 21 heavy (non-hydrogen) atoms. The zero-order valence-corrected chi connectivity index (χ0v) is 14.7. The van der Waals surface area contributed by atoms with Crippen molar-refractivity contribution >= 4 is 41.3 Å². The number of alkyl halides is 3. The minimum Gasteiger partial charge on any atom is -0.370 e. The minimum atomic E-state index is -4.28. The van der Waals surface area contributed by atoms with Crippen molar-refractivity contribution in [3.05, 3.63) is 22.4 Å². The van der Waals surface area contributed by atoms with Crippen LogP contribution < -0.4 is 10.6 Å². The normalized spacial score (nSPS) is 11.9. The second kappa shape index (κ2) is 11.1. The molecule has 0 aliphatic heterocycles. The number of thiophene rings is 1. The van der Waals surface area contributed by atoms with Gasteiger partial charge in [-0.1, -0.05) is 6.07 Å². The Labute approximate surface area is 143 Å². The standard InChI is InChI=1S/C12H18F3N3OS.HI/c1-2-16-11(18-8-10-4-3-7-20-10)17-5-6-19-9-12(13,14)15;/h3-4,7H,2,5-6,8-9H2,1H3,(H2,16,17,18);1H. The average molecular weight is 437 g/mol. The van der Waals surface area contributed by atoms with Gasteiger partial charge in [-0.25, -0.2) is 4.99 Å². The summed E-state index contributed by atoms with van der Waals surface area (Å²) in [6.45, 7) is 2.16. The van der Waals surface area contributed by atoms with E-state index in [0.29, 0.717) is 19.0 Å². The molecule has 0 atom stereocenters. The molecule has 1 heterocycles. The van der Waals surface area contributed by atoms with Crippen LogP contribution in [0.1, 0.15) is 11.8 Å². The molecular weight excluding hydrogens is 418 g/mol. The van der Waals surface area contributed by atoms with Crippen LogP contribution in [0.4, 0.5) is 13.2 Å². The van der Waals surface area contributed by atoms with Gasteiger partial charge in [0.05, 0.1) is 13.2 Å². The van der Waals surface area contributed by atoms with Gasteiger partial charge in [-0.2, -0.15) is 13.2 Å². The van der Waals surface area contributed by atoms with Crippen LogP contribution >= 0.6 is 35.3 Å². The van der Waals surface area contributed by atoms with Crippen LogP contribution in [0, 0.1) is 0 Å². The molecule has 0 unspecified atom stereocenters. The first-order valence-corrected chi connectivity index (χ1v) is 7.08. The molecule has 9 heteroatoms. The third-order valence-corrected chi connectivity index (χ3v) is 2.98. The molecule has 0 aliphatic carbocycles. The largest absolute Gasteiger partial charge is 0.411 e. The summed E-state index contributed by atoms with van der Waals surface area (Å²) in [7, 11) is 0. The lowest BCUT2D eigenvalue weighted by Crippen LogP contribution is -2.39. The fraction of sp³-hybridized carbons (Fsp3) is 0.583. The van der Waals surface area contributed by atoms with E-state index in [2.05, 4.69) is 20.4 Å². The molecule has 0 aromatic carbocycles. The lowest BCUT2D eigenvalue weighted by Gasteiger charge is -2.12. The highest BCUT2D eigenvalue weighted by atomic mass is 127. The van der Waals surface area contributed by atoms with Crippen LogP contribution in [0.5, 0.6) is 0 Å². The van der Waals surface area contributed by atoms with E-state index in [1.165, 1.54) is 0 Å². The van der Waals surface area contributed by atoms with Gasteiger partial charge in [0.25, 0.3) is 0 Å². The van der Waals surface area contributed by atoms with Gasteiger partial charge >= 0.3 is 6.18 Å². The van der Waals surface area contributed by atoms with Crippen molar-refractivity contribution in [1.29, 1.82) is 0 Å². The highest BCUT2D eigenvalue weighted by molar-refractivity contribution is 14.0. The summed E-state index contributed by atoms with van der Waals surface area (Å²) in [4.78, 5) is 5.45. The van der Waals surface area contributed by atoms with Crippen LogP contribution in [-0.2, 0) is 11.3 Å². The first-order valence-electron chi connectivity index (χ1n) is 6.20. The van der Waals surface area contributed by atoms with E-state index < -0.39 is 12.8 Å². The molecule has 122 valence electrons. The maximum atomic E-state index is 11.9. The molecule has 1 aromatic rings. The average Bonchev–Trinajstić information content (AvgIpc) is 2.87. The van der Waals surface area contributed by atoms with Crippen LogP contribution in [0.2, 0.25) is 0 Å². The van der Waals surface area contributed by atoms with Gasteiger partial charge in [0, 0.05) is 18.0 Å². The van der Waals surface area contributed by atoms with E-state index >= 15 is 0 Å². The number of rotatable bonds is 7. The quantitative estimate of drug-likeness (QED) is 0.299. The predicted octanol–water partition coefficient (Wildman–Crippen LogP) is 3.00. The molecule has 1 aromatic heterocycles. The van der Waals surface area contributed by atoms with Gasteiger partial charge in [-0.05, 0) is 18.4 Å². The molecule has 0 bridgehead atoms. The molecule has 4 nitrogen and oxygen atoms in total. The lowest BCUT2D eigenvalue weighted by molar-refractivity contribution is -0.173. The molecule has 2 N–H and O–H groups in total. The highest BCUT2D eigenvalue weighted by Gasteiger charge is 2.27. The van der Waals surface area contributed by atoms with Crippen molar-refractivity contribution in [2.75, 3.05) is 26.3 Å². The maximum absolute atomic E-state index is 11.9. The number of aliphatic imine (C=N–C) groups is 1. The number of nitrogens with zero attached hydrogens (tertiary/aromatic N) is 1. The molecule has 0 spiro atoms. The summed E-state index contributed by atoms with van der Waals surface area (Å²) in [6.07, 6.45) is -4.28. The molecule has 0 fully saturated rings. The van der Waals surface area contributed by atoms with Crippen molar-refractivity contribution in [3.8, 4) is 0 Å². The number of halogens is 4. The zero-order valence-electron chi connectivity index (χ0n) is 11.6. The van der Waals surface area contributed by atoms with E-state index in [1.807, 2.05) is 24.4 Å². The van der Waals surface area contributed by atoms with Gasteiger partial charge in [0.1, 0.15) is 6.61 Å². The zero-order chi connectivity index (χ0) is 14.8. The molecule has 0 aliphatic rings. The second-order valence-electron chi connectivity index (χ2n) is 3.87. The molecule has 0 radical (unpaired) electrons. The van der Waals surface area contributed by atoms with Gasteiger partial charge in [0.2, 0.25) is 0 Å². The van der Waals surface area contributed by atoms with Gasteiger partial charge in [0.15, 0.2) is 5.96 Å². The lowest BCUT2D eigenvalue weighted by atomic mass is 10.5. The van der Waals surface area contributed by atoms with Crippen LogP contribution in [0.3, 0.4) is 0 Å². The summed E-state index contributed by atoms with van der Waals surface area (Å²) in [5.74, 6) is 0.566. The Morgan fingerprint density at radius 2 is 2.14 bits per heavy atom. The van der Waals surface area contributed by atoms with Crippen molar-refractivity contribution < 1.29 is 17.9 Å². The number of ether oxygens (including phenoxy) is 1. The fourth-order valence-corrected chi connectivity index (χ4v) is 1.96. The Hall–Kier alpha value is -0.550. The number of hydrogen-bond acceptors (Lipinski definition) is 3. The Morgan fingerprint density at radius 1 is 1.38 bits per heavy atom.